The number of nitrogens with one attached hydrogen (secondary N) is 1. The van der Waals surface area contributed by atoms with Crippen molar-refractivity contribution in [3.63, 3.8) is 0 Å². The quantitative estimate of drug-likeness (QED) is 0.571. The number of hydrogen-bond acceptors (Lipinski definition) is 3. The third-order valence-electron chi connectivity index (χ3n) is 4.70. The molecule has 162 valence electrons. The second-order valence-electron chi connectivity index (χ2n) is 8.38. The molecular formula is C25H28N2O4. The van der Waals surface area contributed by atoms with Crippen LogP contribution in [0.4, 0.5) is 4.79 Å². The number of amides is 1. The van der Waals surface area contributed by atoms with E-state index in [9.17, 15) is 14.7 Å². The minimum absolute atomic E-state index is 0.157. The van der Waals surface area contributed by atoms with Crippen LogP contribution in [0.1, 0.15) is 31.9 Å². The van der Waals surface area contributed by atoms with Gasteiger partial charge in [0.1, 0.15) is 11.6 Å². The molecule has 31 heavy (non-hydrogen) atoms. The summed E-state index contributed by atoms with van der Waals surface area (Å²) < 4.78 is 7.30. The molecule has 0 saturated carbocycles. The number of carboxylic acids is 1. The van der Waals surface area contributed by atoms with E-state index in [0.29, 0.717) is 6.54 Å². The highest BCUT2D eigenvalue weighted by molar-refractivity contribution is 5.86. The largest absolute Gasteiger partial charge is 0.480 e. The maximum Gasteiger partial charge on any atom is 0.408 e. The van der Waals surface area contributed by atoms with Gasteiger partial charge in [-0.15, -0.1) is 0 Å². The first kappa shape index (κ1) is 22.2. The molecule has 0 bridgehead atoms. The molecule has 1 unspecified atom stereocenters. The van der Waals surface area contributed by atoms with Crippen molar-refractivity contribution in [2.75, 3.05) is 0 Å². The maximum absolute atomic E-state index is 12.1. The average Bonchev–Trinajstić information content (AvgIpc) is 3.04. The van der Waals surface area contributed by atoms with Gasteiger partial charge in [-0.05, 0) is 38.0 Å². The van der Waals surface area contributed by atoms with Gasteiger partial charge in [0.05, 0.1) is 0 Å². The summed E-state index contributed by atoms with van der Waals surface area (Å²) in [5.74, 6) is -1.10. The van der Waals surface area contributed by atoms with E-state index in [1.165, 1.54) is 0 Å². The van der Waals surface area contributed by atoms with E-state index in [2.05, 4.69) is 22.0 Å². The molecule has 0 saturated heterocycles. The number of allylic oxidation sites excluding steroid dienone is 1. The summed E-state index contributed by atoms with van der Waals surface area (Å²) in [7, 11) is 0. The summed E-state index contributed by atoms with van der Waals surface area (Å²) in [6.07, 6.45) is 5.49. The summed E-state index contributed by atoms with van der Waals surface area (Å²) in [6, 6.07) is 16.8. The van der Waals surface area contributed by atoms with Gasteiger partial charge in [0, 0.05) is 30.1 Å². The number of hydrogen-bond donors (Lipinski definition) is 2. The van der Waals surface area contributed by atoms with E-state index in [-0.39, 0.29) is 6.42 Å². The summed E-state index contributed by atoms with van der Waals surface area (Å²) in [6.45, 7) is 5.85. The lowest BCUT2D eigenvalue weighted by Gasteiger charge is -2.22. The molecular weight excluding hydrogens is 392 g/mol. The predicted molar refractivity (Wildman–Crippen MR) is 122 cm³/mol. The average molecular weight is 421 g/mol. The van der Waals surface area contributed by atoms with Crippen LogP contribution < -0.4 is 5.32 Å². The van der Waals surface area contributed by atoms with Gasteiger partial charge in [-0.1, -0.05) is 60.7 Å². The second-order valence-corrected chi connectivity index (χ2v) is 8.38. The number of aromatic nitrogens is 1. The maximum atomic E-state index is 12.1. The molecule has 0 spiro atoms. The molecule has 6 heteroatoms. The number of alkyl carbamates (subject to hydrolysis) is 1. The van der Waals surface area contributed by atoms with Crippen molar-refractivity contribution in [1.82, 2.24) is 9.88 Å². The Labute approximate surface area is 182 Å². The lowest BCUT2D eigenvalue weighted by molar-refractivity contribution is -0.139. The van der Waals surface area contributed by atoms with Crippen LogP contribution in [0, 0.1) is 0 Å². The number of carbonyl (C=O) groups is 2. The molecule has 2 N–H and O–H groups in total. The molecule has 0 aliphatic heterocycles. The van der Waals surface area contributed by atoms with Gasteiger partial charge in [0.25, 0.3) is 0 Å². The number of fused-ring (bicyclic) bond motifs is 1. The molecule has 1 atom stereocenters. The van der Waals surface area contributed by atoms with Crippen LogP contribution in [-0.2, 0) is 22.5 Å². The Balaban J connectivity index is 1.80. The Kier molecular flexibility index (Phi) is 6.80. The van der Waals surface area contributed by atoms with Crippen molar-refractivity contribution >= 4 is 29.0 Å². The molecule has 1 heterocycles. The van der Waals surface area contributed by atoms with Gasteiger partial charge in [0.15, 0.2) is 0 Å². The molecule has 0 radical (unpaired) electrons. The zero-order valence-electron chi connectivity index (χ0n) is 18.0. The second kappa shape index (κ2) is 9.51. The van der Waals surface area contributed by atoms with Gasteiger partial charge in [-0.2, -0.15) is 0 Å². The van der Waals surface area contributed by atoms with Crippen LogP contribution in [0.5, 0.6) is 0 Å². The molecule has 2 aromatic carbocycles. The Morgan fingerprint density at radius 3 is 2.45 bits per heavy atom. The smallest absolute Gasteiger partial charge is 0.408 e. The van der Waals surface area contributed by atoms with Crippen LogP contribution >= 0.6 is 0 Å². The van der Waals surface area contributed by atoms with Gasteiger partial charge in [-0.3, -0.25) is 0 Å². The Morgan fingerprint density at radius 1 is 1.10 bits per heavy atom. The van der Waals surface area contributed by atoms with Crippen LogP contribution in [0.2, 0.25) is 0 Å². The molecule has 1 aromatic heterocycles. The van der Waals surface area contributed by atoms with Crippen LogP contribution in [0.3, 0.4) is 0 Å². The summed E-state index contributed by atoms with van der Waals surface area (Å²) in [5.41, 5.74) is 2.28. The molecule has 0 fully saturated rings. The van der Waals surface area contributed by atoms with Gasteiger partial charge >= 0.3 is 12.1 Å². The number of para-hydroxylation sites is 1. The molecule has 0 aliphatic rings. The minimum atomic E-state index is -1.10. The highest BCUT2D eigenvalue weighted by Gasteiger charge is 2.25. The van der Waals surface area contributed by atoms with E-state index in [1.54, 1.807) is 20.8 Å². The minimum Gasteiger partial charge on any atom is -0.480 e. The normalized spacial score (nSPS) is 12.7. The van der Waals surface area contributed by atoms with Crippen LogP contribution in [0.15, 0.2) is 66.9 Å². The number of ether oxygens (including phenoxy) is 1. The number of carboxylic acid groups (broad SMARTS) is 1. The Bertz CT molecular complexity index is 1080. The van der Waals surface area contributed by atoms with Gasteiger partial charge in [-0.25, -0.2) is 9.59 Å². The SMILES string of the molecule is CC(C)(C)OC(=O)NC(Cc1cn(C/C=C/c2ccccc2)c2ccccc12)C(=O)O. The predicted octanol–water partition coefficient (Wildman–Crippen LogP) is 4.88. The van der Waals surface area contributed by atoms with E-state index < -0.39 is 23.7 Å². The van der Waals surface area contributed by atoms with E-state index >= 15 is 0 Å². The third kappa shape index (κ3) is 6.22. The van der Waals surface area contributed by atoms with Crippen molar-refractivity contribution in [2.45, 2.75) is 45.4 Å². The lowest BCUT2D eigenvalue weighted by atomic mass is 10.1. The molecule has 1 amide bonds. The number of nitrogens with zero attached hydrogens (tertiary/aromatic N) is 1. The van der Waals surface area contributed by atoms with Crippen LogP contribution in [-0.4, -0.2) is 33.4 Å². The fourth-order valence-electron chi connectivity index (χ4n) is 3.37. The molecule has 3 aromatic rings. The van der Waals surface area contributed by atoms with Crippen molar-refractivity contribution in [3.05, 3.63) is 78.0 Å². The Morgan fingerprint density at radius 2 is 1.77 bits per heavy atom. The standard InChI is InChI=1S/C25H28N2O4/c1-25(2,3)31-24(30)26-21(23(28)29)16-19-17-27(22-14-8-7-13-20(19)22)15-9-12-18-10-5-4-6-11-18/h4-14,17,21H,15-16H2,1-3H3,(H,26,30)(H,28,29)/b12-9+. The summed E-state index contributed by atoms with van der Waals surface area (Å²) in [4.78, 5) is 23.9. The third-order valence-corrected chi connectivity index (χ3v) is 4.70. The fraction of sp³-hybridized carbons (Fsp3) is 0.280. The topological polar surface area (TPSA) is 80.6 Å². The highest BCUT2D eigenvalue weighted by atomic mass is 16.6. The number of benzene rings is 2. The van der Waals surface area contributed by atoms with E-state index in [0.717, 1.165) is 22.0 Å². The summed E-state index contributed by atoms with van der Waals surface area (Å²) in [5, 5.41) is 13.1. The molecule has 3 rings (SSSR count). The number of carbonyl (C=O) groups excluding carboxylic acids is 1. The van der Waals surface area contributed by atoms with E-state index in [1.807, 2.05) is 60.8 Å². The highest BCUT2D eigenvalue weighted by Crippen LogP contribution is 2.23. The van der Waals surface area contributed by atoms with Crippen molar-refractivity contribution < 1.29 is 19.4 Å². The van der Waals surface area contributed by atoms with Crippen molar-refractivity contribution in [3.8, 4) is 0 Å². The fourth-order valence-corrected chi connectivity index (χ4v) is 3.37. The zero-order chi connectivity index (χ0) is 22.4. The van der Waals surface area contributed by atoms with Crippen LogP contribution in [0.25, 0.3) is 17.0 Å². The number of rotatable bonds is 7. The summed E-state index contributed by atoms with van der Waals surface area (Å²) >= 11 is 0. The monoisotopic (exact) mass is 420 g/mol. The first-order valence-corrected chi connectivity index (χ1v) is 10.2. The molecule has 0 aliphatic carbocycles. The zero-order valence-corrected chi connectivity index (χ0v) is 18.0. The first-order valence-electron chi connectivity index (χ1n) is 10.2. The lowest BCUT2D eigenvalue weighted by Crippen LogP contribution is -2.44. The van der Waals surface area contributed by atoms with E-state index in [4.69, 9.17) is 4.74 Å². The molecule has 6 nitrogen and oxygen atoms in total. The Hall–Kier alpha value is -3.54. The first-order chi connectivity index (χ1) is 14.7. The number of aliphatic carboxylic acids is 1. The van der Waals surface area contributed by atoms with Crippen molar-refractivity contribution in [2.24, 2.45) is 0 Å². The van der Waals surface area contributed by atoms with Gasteiger partial charge < -0.3 is 19.7 Å². The van der Waals surface area contributed by atoms with Gasteiger partial charge in [0.2, 0.25) is 0 Å². The van der Waals surface area contributed by atoms with Crippen molar-refractivity contribution in [1.29, 1.82) is 0 Å².